The number of halogens is 1. The van der Waals surface area contributed by atoms with Crippen molar-refractivity contribution in [1.82, 2.24) is 0 Å². The molecule has 0 aromatic rings. The fraction of sp³-hybridized carbons (Fsp3) is 0.938. The van der Waals surface area contributed by atoms with Gasteiger partial charge in [-0.3, -0.25) is 4.79 Å². The first kappa shape index (κ1) is 18.0. The van der Waals surface area contributed by atoms with E-state index in [-0.39, 0.29) is 10.7 Å². The van der Waals surface area contributed by atoms with E-state index in [2.05, 4.69) is 6.92 Å². The molecule has 18 heavy (non-hydrogen) atoms. The summed E-state index contributed by atoms with van der Waals surface area (Å²) in [7, 11) is 0. The summed E-state index contributed by atoms with van der Waals surface area (Å²) in [5.74, 6) is 0. The van der Waals surface area contributed by atoms with E-state index in [1.165, 1.54) is 57.8 Å². The van der Waals surface area contributed by atoms with Crippen LogP contribution in [0.4, 0.5) is 0 Å². The standard InChI is InChI=1S/C16H31ClO/c1-4-5-6-7-8-9-10-11-12-13-14-16(2,3)15(17)18/h4-14H2,1-3H3. The molecule has 0 bridgehead atoms. The van der Waals surface area contributed by atoms with Crippen molar-refractivity contribution in [3.05, 3.63) is 0 Å². The largest absolute Gasteiger partial charge is 0.281 e. The zero-order valence-electron chi connectivity index (χ0n) is 12.6. The van der Waals surface area contributed by atoms with Crippen LogP contribution in [-0.4, -0.2) is 5.24 Å². The van der Waals surface area contributed by atoms with Crippen LogP contribution in [0.2, 0.25) is 0 Å². The second-order valence-electron chi connectivity index (χ2n) is 6.09. The highest BCUT2D eigenvalue weighted by atomic mass is 35.5. The lowest BCUT2D eigenvalue weighted by atomic mass is 9.88. The summed E-state index contributed by atoms with van der Waals surface area (Å²) in [6.45, 7) is 6.14. The molecule has 0 aliphatic carbocycles. The Labute approximate surface area is 119 Å². The summed E-state index contributed by atoms with van der Waals surface area (Å²) in [5, 5.41) is -0.196. The third-order valence-corrected chi connectivity index (χ3v) is 4.20. The van der Waals surface area contributed by atoms with Gasteiger partial charge < -0.3 is 0 Å². The van der Waals surface area contributed by atoms with Gasteiger partial charge in [0.05, 0.1) is 0 Å². The first-order valence-electron chi connectivity index (χ1n) is 7.70. The van der Waals surface area contributed by atoms with Crippen molar-refractivity contribution in [2.45, 2.75) is 91.4 Å². The van der Waals surface area contributed by atoms with Gasteiger partial charge >= 0.3 is 0 Å². The van der Waals surface area contributed by atoms with Gasteiger partial charge in [0.2, 0.25) is 5.24 Å². The molecule has 0 N–H and O–H groups in total. The molecule has 0 aliphatic heterocycles. The fourth-order valence-corrected chi connectivity index (χ4v) is 2.25. The molecule has 0 heterocycles. The zero-order valence-corrected chi connectivity index (χ0v) is 13.3. The van der Waals surface area contributed by atoms with Crippen molar-refractivity contribution in [3.8, 4) is 0 Å². The number of unbranched alkanes of at least 4 members (excludes halogenated alkanes) is 9. The van der Waals surface area contributed by atoms with Crippen LogP contribution >= 0.6 is 11.6 Å². The highest BCUT2D eigenvalue weighted by Gasteiger charge is 2.24. The molecule has 0 spiro atoms. The minimum absolute atomic E-state index is 0.196. The van der Waals surface area contributed by atoms with Crippen molar-refractivity contribution in [1.29, 1.82) is 0 Å². The third kappa shape index (κ3) is 9.94. The first-order valence-corrected chi connectivity index (χ1v) is 8.08. The Morgan fingerprint density at radius 2 is 1.22 bits per heavy atom. The van der Waals surface area contributed by atoms with Crippen molar-refractivity contribution in [2.75, 3.05) is 0 Å². The van der Waals surface area contributed by atoms with E-state index in [0.29, 0.717) is 0 Å². The van der Waals surface area contributed by atoms with Crippen LogP contribution in [0.25, 0.3) is 0 Å². The predicted molar refractivity (Wildman–Crippen MR) is 81.1 cm³/mol. The molecule has 0 fully saturated rings. The molecule has 0 saturated heterocycles. The second kappa shape index (κ2) is 10.8. The van der Waals surface area contributed by atoms with E-state index in [0.717, 1.165) is 12.8 Å². The molecule has 0 aliphatic rings. The molecule has 0 saturated carbocycles. The first-order chi connectivity index (χ1) is 8.50. The summed E-state index contributed by atoms with van der Waals surface area (Å²) >= 11 is 5.55. The van der Waals surface area contributed by atoms with Gasteiger partial charge in [0, 0.05) is 5.41 Å². The molecule has 1 nitrogen and oxygen atoms in total. The van der Waals surface area contributed by atoms with Gasteiger partial charge in [-0.2, -0.15) is 0 Å². The molecule has 0 rings (SSSR count). The smallest absolute Gasteiger partial charge is 0.227 e. The van der Waals surface area contributed by atoms with Crippen molar-refractivity contribution >= 4 is 16.8 Å². The number of carbonyl (C=O) groups excluding carboxylic acids is 1. The van der Waals surface area contributed by atoms with Gasteiger partial charge in [-0.25, -0.2) is 0 Å². The van der Waals surface area contributed by atoms with Crippen molar-refractivity contribution < 1.29 is 4.79 Å². The van der Waals surface area contributed by atoms with Crippen LogP contribution in [0, 0.1) is 5.41 Å². The SMILES string of the molecule is CCCCCCCCCCCCC(C)(C)C(=O)Cl. The van der Waals surface area contributed by atoms with Crippen LogP contribution in [0.15, 0.2) is 0 Å². The maximum atomic E-state index is 11.1. The normalized spacial score (nSPS) is 11.8. The summed E-state index contributed by atoms with van der Waals surface area (Å²) in [4.78, 5) is 11.1. The number of hydrogen-bond acceptors (Lipinski definition) is 1. The van der Waals surface area contributed by atoms with E-state index in [4.69, 9.17) is 11.6 Å². The van der Waals surface area contributed by atoms with Crippen molar-refractivity contribution in [3.63, 3.8) is 0 Å². The highest BCUT2D eigenvalue weighted by Crippen LogP contribution is 2.26. The van der Waals surface area contributed by atoms with Crippen molar-refractivity contribution in [2.24, 2.45) is 5.41 Å². The van der Waals surface area contributed by atoms with Crippen LogP contribution in [-0.2, 0) is 4.79 Å². The summed E-state index contributed by atoms with van der Waals surface area (Å²) < 4.78 is 0. The molecule has 0 amide bonds. The number of hydrogen-bond donors (Lipinski definition) is 0. The summed E-state index contributed by atoms with van der Waals surface area (Å²) in [6, 6.07) is 0. The van der Waals surface area contributed by atoms with E-state index in [1.807, 2.05) is 13.8 Å². The highest BCUT2D eigenvalue weighted by molar-refractivity contribution is 6.64. The predicted octanol–water partition coefficient (Wildman–Crippen LogP) is 6.09. The average Bonchev–Trinajstić information content (AvgIpc) is 2.31. The maximum Gasteiger partial charge on any atom is 0.227 e. The Morgan fingerprint density at radius 1 is 0.833 bits per heavy atom. The fourth-order valence-electron chi connectivity index (χ4n) is 2.15. The number of rotatable bonds is 12. The molecule has 2 heteroatoms. The lowest BCUT2D eigenvalue weighted by Crippen LogP contribution is -2.18. The Morgan fingerprint density at radius 3 is 1.61 bits per heavy atom. The molecular formula is C16H31ClO. The van der Waals surface area contributed by atoms with Crippen LogP contribution in [0.3, 0.4) is 0 Å². The van der Waals surface area contributed by atoms with E-state index >= 15 is 0 Å². The van der Waals surface area contributed by atoms with E-state index in [9.17, 15) is 4.79 Å². The van der Waals surface area contributed by atoms with Gasteiger partial charge in [0.15, 0.2) is 0 Å². The van der Waals surface area contributed by atoms with Gasteiger partial charge in [-0.05, 0) is 18.0 Å². The Kier molecular flexibility index (Phi) is 10.8. The molecule has 0 radical (unpaired) electrons. The van der Waals surface area contributed by atoms with Crippen LogP contribution < -0.4 is 0 Å². The van der Waals surface area contributed by atoms with E-state index < -0.39 is 0 Å². The molecule has 108 valence electrons. The quantitative estimate of drug-likeness (QED) is 0.311. The topological polar surface area (TPSA) is 17.1 Å². The van der Waals surface area contributed by atoms with Gasteiger partial charge in [-0.15, -0.1) is 0 Å². The molecule has 0 aromatic carbocycles. The Balaban J connectivity index is 3.24. The third-order valence-electron chi connectivity index (χ3n) is 3.69. The minimum Gasteiger partial charge on any atom is -0.281 e. The molecule has 0 unspecified atom stereocenters. The number of carbonyl (C=O) groups is 1. The zero-order chi connectivity index (χ0) is 13.9. The van der Waals surface area contributed by atoms with E-state index in [1.54, 1.807) is 0 Å². The Hall–Kier alpha value is -0.0400. The lowest BCUT2D eigenvalue weighted by molar-refractivity contribution is -0.119. The molecule has 0 aromatic heterocycles. The molecule has 0 atom stereocenters. The Bertz CT molecular complexity index is 211. The maximum absolute atomic E-state index is 11.1. The van der Waals surface area contributed by atoms with Gasteiger partial charge in [0.25, 0.3) is 0 Å². The summed E-state index contributed by atoms with van der Waals surface area (Å²) in [5.41, 5.74) is -0.332. The average molecular weight is 275 g/mol. The van der Waals surface area contributed by atoms with Crippen LogP contribution in [0.1, 0.15) is 91.4 Å². The molecular weight excluding hydrogens is 244 g/mol. The minimum atomic E-state index is -0.332. The van der Waals surface area contributed by atoms with Crippen LogP contribution in [0.5, 0.6) is 0 Å². The monoisotopic (exact) mass is 274 g/mol. The van der Waals surface area contributed by atoms with Gasteiger partial charge in [0.1, 0.15) is 0 Å². The van der Waals surface area contributed by atoms with Gasteiger partial charge in [-0.1, -0.05) is 85.0 Å². The second-order valence-corrected chi connectivity index (χ2v) is 6.43. The summed E-state index contributed by atoms with van der Waals surface area (Å²) in [6.07, 6.45) is 14.2. The lowest BCUT2D eigenvalue weighted by Gasteiger charge is -2.18.